The van der Waals surface area contributed by atoms with Crippen molar-refractivity contribution in [2.45, 2.75) is 0 Å². The quantitative estimate of drug-likeness (QED) is 0.299. The summed E-state index contributed by atoms with van der Waals surface area (Å²) in [4.78, 5) is 0. The van der Waals surface area contributed by atoms with Gasteiger partial charge in [0.15, 0.2) is 0 Å². The molecule has 0 bridgehead atoms. The Morgan fingerprint density at radius 2 is 2.60 bits per heavy atom. The lowest BCUT2D eigenvalue weighted by Gasteiger charge is -1.83. The van der Waals surface area contributed by atoms with Crippen LogP contribution in [0, 0.1) is 19.4 Å². The Labute approximate surface area is 32.4 Å². The van der Waals surface area contributed by atoms with Gasteiger partial charge in [0.25, 0.3) is 0 Å². The fraction of sp³-hybridized carbons (Fsp3) is 0.250. The van der Waals surface area contributed by atoms with Gasteiger partial charge < -0.3 is 5.32 Å². The van der Waals surface area contributed by atoms with Gasteiger partial charge in [0.2, 0.25) is 0 Å². The first-order valence-corrected chi connectivity index (χ1v) is 1.46. The Hall–Kier alpha value is -0.480. The highest BCUT2D eigenvalue weighted by Crippen LogP contribution is 1.25. The van der Waals surface area contributed by atoms with Gasteiger partial charge in [-0.1, -0.05) is 0 Å². The molecule has 0 radical (unpaired) electrons. The summed E-state index contributed by atoms with van der Waals surface area (Å²) in [6.07, 6.45) is 4.82. The normalized spacial score (nSPS) is 6.40. The minimum Gasteiger partial charge on any atom is -0.469 e. The van der Waals surface area contributed by atoms with Crippen molar-refractivity contribution in [1.82, 2.24) is 0 Å². The van der Waals surface area contributed by atoms with Crippen LogP contribution in [0.2, 0.25) is 0 Å². The van der Waals surface area contributed by atoms with Gasteiger partial charge in [-0.3, -0.25) is 0 Å². The summed E-state index contributed by atoms with van der Waals surface area (Å²) >= 11 is 0. The fourth-order valence-electron chi connectivity index (χ4n) is 0.0833. The van der Waals surface area contributed by atoms with Crippen molar-refractivity contribution in [3.8, 4) is 12.3 Å². The largest absolute Gasteiger partial charge is 0.469 e. The van der Waals surface area contributed by atoms with E-state index >= 15 is 0 Å². The van der Waals surface area contributed by atoms with Crippen molar-refractivity contribution >= 4 is 0 Å². The number of nitrogens with two attached hydrogens (primary N) is 1. The summed E-state index contributed by atoms with van der Waals surface area (Å²) in [7, 11) is 3.41. The summed E-state index contributed by atoms with van der Waals surface area (Å²) in [5.41, 5.74) is 0. The minimum atomic E-state index is 0.681. The van der Waals surface area contributed by atoms with Crippen LogP contribution >= 0.6 is 0 Å². The van der Waals surface area contributed by atoms with E-state index in [0.29, 0.717) is 6.54 Å². The first-order valence-electron chi connectivity index (χ1n) is 1.46. The number of hydrogen-bond acceptors (Lipinski definition) is 0. The van der Waals surface area contributed by atoms with E-state index in [-0.39, 0.29) is 0 Å². The van der Waals surface area contributed by atoms with E-state index in [2.05, 4.69) is 13.0 Å². The Balaban J connectivity index is 2.48. The van der Waals surface area contributed by atoms with E-state index in [9.17, 15) is 0 Å². The van der Waals surface area contributed by atoms with Crippen LogP contribution in [0.4, 0.5) is 0 Å². The lowest BCUT2D eigenvalue weighted by molar-refractivity contribution is -0.583. The van der Waals surface area contributed by atoms with Gasteiger partial charge in [-0.15, -0.1) is 6.42 Å². The molecule has 0 amide bonds. The molecule has 1 nitrogen and oxygen atoms in total. The maximum absolute atomic E-state index is 4.82. The molecule has 0 saturated heterocycles. The standard InChI is InChI=1S/C4H7N/c1-3-4-5-2/h1H,2,4-5H2. The van der Waals surface area contributed by atoms with Crippen molar-refractivity contribution in [2.75, 3.05) is 6.54 Å². The SMILES string of the molecule is C#CC[NH2+][CH2-]. The van der Waals surface area contributed by atoms with Crippen molar-refractivity contribution in [3.63, 3.8) is 0 Å². The van der Waals surface area contributed by atoms with Gasteiger partial charge in [-0.25, -0.2) is 0 Å². The summed E-state index contributed by atoms with van der Waals surface area (Å²) in [5.74, 6) is 2.40. The molecule has 2 N–H and O–H groups in total. The molecule has 0 aromatic carbocycles. The molecule has 0 saturated carbocycles. The van der Waals surface area contributed by atoms with Crippen LogP contribution < -0.4 is 5.32 Å². The van der Waals surface area contributed by atoms with Crippen molar-refractivity contribution in [2.24, 2.45) is 0 Å². The van der Waals surface area contributed by atoms with Crippen LogP contribution in [-0.4, -0.2) is 6.54 Å². The average molecular weight is 69.1 g/mol. The highest BCUT2D eigenvalue weighted by molar-refractivity contribution is 4.80. The van der Waals surface area contributed by atoms with Gasteiger partial charge in [0.05, 0.1) is 0 Å². The predicted octanol–water partition coefficient (Wildman–Crippen LogP) is -1.03. The molecule has 0 aliphatic carbocycles. The van der Waals surface area contributed by atoms with Crippen LogP contribution in [0.5, 0.6) is 0 Å². The van der Waals surface area contributed by atoms with Gasteiger partial charge in [-0.2, -0.15) is 7.05 Å². The summed E-state index contributed by atoms with van der Waals surface area (Å²) in [6, 6.07) is 0. The van der Waals surface area contributed by atoms with Gasteiger partial charge >= 0.3 is 0 Å². The maximum atomic E-state index is 4.82. The molecule has 0 aliphatic rings. The van der Waals surface area contributed by atoms with E-state index in [0.717, 1.165) is 0 Å². The fourth-order valence-corrected chi connectivity index (χ4v) is 0.0833. The van der Waals surface area contributed by atoms with E-state index in [4.69, 9.17) is 6.42 Å². The number of hydrogen-bond donors (Lipinski definition) is 1. The van der Waals surface area contributed by atoms with Crippen molar-refractivity contribution < 1.29 is 5.32 Å². The van der Waals surface area contributed by atoms with E-state index < -0.39 is 0 Å². The molecular formula is C4H7N. The van der Waals surface area contributed by atoms with Gasteiger partial charge in [-0.05, 0) is 5.92 Å². The highest BCUT2D eigenvalue weighted by Gasteiger charge is 1.54. The molecule has 0 rings (SSSR count). The summed E-state index contributed by atoms with van der Waals surface area (Å²) in [6.45, 7) is 0.681. The zero-order chi connectivity index (χ0) is 4.12. The molecule has 0 aromatic rings. The smallest absolute Gasteiger partial charge is 0.113 e. The van der Waals surface area contributed by atoms with Gasteiger partial charge in [0, 0.05) is 0 Å². The molecule has 0 atom stereocenters. The summed E-state index contributed by atoms with van der Waals surface area (Å²) in [5, 5.41) is 1.69. The van der Waals surface area contributed by atoms with Crippen molar-refractivity contribution in [1.29, 1.82) is 0 Å². The predicted molar refractivity (Wildman–Crippen MR) is 21.0 cm³/mol. The first kappa shape index (κ1) is 4.52. The number of terminal acetylenes is 1. The first-order chi connectivity index (χ1) is 2.41. The molecule has 0 fully saturated rings. The molecule has 1 heteroatoms. The van der Waals surface area contributed by atoms with E-state index in [1.54, 1.807) is 5.32 Å². The Morgan fingerprint density at radius 1 is 2.00 bits per heavy atom. The number of quaternary nitrogens is 1. The zero-order valence-electron chi connectivity index (χ0n) is 3.07. The van der Waals surface area contributed by atoms with E-state index in [1.807, 2.05) is 0 Å². The summed E-state index contributed by atoms with van der Waals surface area (Å²) < 4.78 is 0. The van der Waals surface area contributed by atoms with Crippen LogP contribution in [-0.2, 0) is 0 Å². The molecule has 0 heterocycles. The topological polar surface area (TPSA) is 16.6 Å². The Morgan fingerprint density at radius 3 is 2.60 bits per heavy atom. The molecule has 0 aromatic heterocycles. The van der Waals surface area contributed by atoms with Crippen molar-refractivity contribution in [3.05, 3.63) is 7.05 Å². The zero-order valence-corrected chi connectivity index (χ0v) is 3.07. The second-order valence-corrected chi connectivity index (χ2v) is 0.697. The molecule has 5 heavy (non-hydrogen) atoms. The molecule has 28 valence electrons. The third-order valence-electron chi connectivity index (χ3n) is 0.262. The lowest BCUT2D eigenvalue weighted by Crippen LogP contribution is -2.76. The second kappa shape index (κ2) is 3.52. The Bertz CT molecular complexity index is 42.1. The molecule has 0 spiro atoms. The lowest BCUT2D eigenvalue weighted by atomic mass is 10.7. The molecule has 0 unspecified atom stereocenters. The van der Waals surface area contributed by atoms with Crippen LogP contribution in [0.15, 0.2) is 0 Å². The monoisotopic (exact) mass is 69.1 g/mol. The maximum Gasteiger partial charge on any atom is 0.113 e. The molecular weight excluding hydrogens is 62.1 g/mol. The third kappa shape index (κ3) is 3.52. The number of rotatable bonds is 1. The average Bonchev–Trinajstić information content (AvgIpc) is 1.41. The molecule has 0 aliphatic heterocycles. The Kier molecular flexibility index (Phi) is 3.18. The third-order valence-corrected chi connectivity index (χ3v) is 0.262. The van der Waals surface area contributed by atoms with E-state index in [1.165, 1.54) is 0 Å². The highest BCUT2D eigenvalue weighted by atomic mass is 14.8. The van der Waals surface area contributed by atoms with Gasteiger partial charge in [0.1, 0.15) is 6.54 Å². The van der Waals surface area contributed by atoms with Crippen LogP contribution in [0.1, 0.15) is 0 Å². The van der Waals surface area contributed by atoms with Crippen LogP contribution in [0.25, 0.3) is 0 Å². The van der Waals surface area contributed by atoms with Crippen LogP contribution in [0.3, 0.4) is 0 Å². The second-order valence-electron chi connectivity index (χ2n) is 0.697. The minimum absolute atomic E-state index is 0.681.